The highest BCUT2D eigenvalue weighted by atomic mass is 32.2. The molecule has 2 N–H and O–H groups in total. The van der Waals surface area contributed by atoms with E-state index >= 15 is 0 Å². The molecule has 21 heavy (non-hydrogen) atoms. The summed E-state index contributed by atoms with van der Waals surface area (Å²) >= 11 is 0. The second-order valence-electron chi connectivity index (χ2n) is 4.99. The number of benzene rings is 1. The molecule has 0 bridgehead atoms. The van der Waals surface area contributed by atoms with Crippen LogP contribution in [-0.4, -0.2) is 25.7 Å². The van der Waals surface area contributed by atoms with E-state index in [1.807, 2.05) is 0 Å². The Kier molecular flexibility index (Phi) is 5.40. The summed E-state index contributed by atoms with van der Waals surface area (Å²) < 4.78 is 65.5. The fraction of sp³-hybridized carbons (Fsp3) is 0.538. The zero-order valence-electron chi connectivity index (χ0n) is 11.7. The summed E-state index contributed by atoms with van der Waals surface area (Å²) in [5, 5.41) is 8.97. The topological polar surface area (TPSA) is 66.4 Å². The molecule has 0 saturated heterocycles. The minimum absolute atomic E-state index is 0.108. The third kappa shape index (κ3) is 4.42. The van der Waals surface area contributed by atoms with Crippen LogP contribution in [0.1, 0.15) is 32.3 Å². The van der Waals surface area contributed by atoms with Crippen LogP contribution in [0.4, 0.5) is 13.2 Å². The number of rotatable bonds is 6. The SMILES string of the molecule is CCC(C)(CCO)NS(=O)(=O)c1ccccc1C(F)(F)F. The molecule has 4 nitrogen and oxygen atoms in total. The minimum atomic E-state index is -4.76. The normalized spacial score (nSPS) is 15.7. The quantitative estimate of drug-likeness (QED) is 0.845. The Balaban J connectivity index is 3.27. The fourth-order valence-electron chi connectivity index (χ4n) is 1.86. The summed E-state index contributed by atoms with van der Waals surface area (Å²) in [6.45, 7) is 2.96. The first-order valence-corrected chi connectivity index (χ1v) is 7.85. The summed E-state index contributed by atoms with van der Waals surface area (Å²) in [4.78, 5) is -0.810. The van der Waals surface area contributed by atoms with Crippen molar-refractivity contribution in [2.24, 2.45) is 0 Å². The van der Waals surface area contributed by atoms with Crippen molar-refractivity contribution in [2.75, 3.05) is 6.61 Å². The average Bonchev–Trinajstić information content (AvgIpc) is 2.37. The molecule has 0 radical (unpaired) electrons. The molecule has 0 aromatic heterocycles. The number of sulfonamides is 1. The molecule has 0 fully saturated rings. The average molecular weight is 325 g/mol. The van der Waals surface area contributed by atoms with Crippen molar-refractivity contribution in [3.05, 3.63) is 29.8 Å². The predicted molar refractivity (Wildman–Crippen MR) is 72.2 cm³/mol. The standard InChI is InChI=1S/C13H18F3NO3S/c1-3-12(2,8-9-18)17-21(19,20)11-7-5-4-6-10(11)13(14,15)16/h4-7,17-18H,3,8-9H2,1-2H3. The lowest BCUT2D eigenvalue weighted by Crippen LogP contribution is -2.46. The predicted octanol–water partition coefficient (Wildman–Crippen LogP) is 2.53. The van der Waals surface area contributed by atoms with E-state index in [0.29, 0.717) is 6.42 Å². The zero-order chi connectivity index (χ0) is 16.3. The Bertz CT molecular complexity index is 587. The van der Waals surface area contributed by atoms with Gasteiger partial charge in [-0.1, -0.05) is 19.1 Å². The van der Waals surface area contributed by atoms with Crippen LogP contribution in [0.2, 0.25) is 0 Å². The first-order chi connectivity index (χ1) is 9.56. The molecular formula is C13H18F3NO3S. The summed E-state index contributed by atoms with van der Waals surface area (Å²) in [5.74, 6) is 0. The molecule has 0 saturated carbocycles. The Labute approximate surface area is 122 Å². The van der Waals surface area contributed by atoms with Crippen LogP contribution in [0.5, 0.6) is 0 Å². The van der Waals surface area contributed by atoms with Crippen molar-refractivity contribution in [3.63, 3.8) is 0 Å². The number of hydrogen-bond donors (Lipinski definition) is 2. The Morgan fingerprint density at radius 2 is 1.81 bits per heavy atom. The summed E-state index contributed by atoms with van der Waals surface area (Å²) in [5.41, 5.74) is -2.22. The molecule has 0 spiro atoms. The van der Waals surface area contributed by atoms with Gasteiger partial charge in [-0.2, -0.15) is 13.2 Å². The lowest BCUT2D eigenvalue weighted by molar-refractivity contribution is -0.139. The molecule has 8 heteroatoms. The molecule has 1 aromatic carbocycles. The van der Waals surface area contributed by atoms with Gasteiger partial charge in [0.15, 0.2) is 0 Å². The molecule has 1 unspecified atom stereocenters. The van der Waals surface area contributed by atoms with E-state index in [-0.39, 0.29) is 13.0 Å². The number of halogens is 3. The molecule has 1 atom stereocenters. The van der Waals surface area contributed by atoms with Gasteiger partial charge >= 0.3 is 6.18 Å². The highest BCUT2D eigenvalue weighted by Crippen LogP contribution is 2.34. The highest BCUT2D eigenvalue weighted by Gasteiger charge is 2.38. The maximum absolute atomic E-state index is 12.9. The van der Waals surface area contributed by atoms with Crippen LogP contribution in [0, 0.1) is 0 Å². The van der Waals surface area contributed by atoms with E-state index < -0.39 is 32.2 Å². The van der Waals surface area contributed by atoms with Crippen LogP contribution >= 0.6 is 0 Å². The van der Waals surface area contributed by atoms with E-state index in [4.69, 9.17) is 5.11 Å². The van der Waals surface area contributed by atoms with Crippen LogP contribution in [-0.2, 0) is 16.2 Å². The van der Waals surface area contributed by atoms with Gasteiger partial charge in [-0.25, -0.2) is 13.1 Å². The van der Waals surface area contributed by atoms with E-state index in [9.17, 15) is 21.6 Å². The van der Waals surface area contributed by atoms with Gasteiger partial charge in [0.25, 0.3) is 0 Å². The number of nitrogens with one attached hydrogen (secondary N) is 1. The Morgan fingerprint density at radius 3 is 2.29 bits per heavy atom. The number of hydrogen-bond acceptors (Lipinski definition) is 3. The Hall–Kier alpha value is -1.12. The zero-order valence-corrected chi connectivity index (χ0v) is 12.6. The summed E-state index contributed by atoms with van der Waals surface area (Å²) in [6.07, 6.45) is -4.32. The van der Waals surface area contributed by atoms with Gasteiger partial charge in [0.2, 0.25) is 10.0 Å². The first kappa shape index (κ1) is 17.9. The first-order valence-electron chi connectivity index (χ1n) is 6.37. The van der Waals surface area contributed by atoms with E-state index in [1.165, 1.54) is 13.0 Å². The molecule has 0 aliphatic rings. The molecule has 1 aromatic rings. The van der Waals surface area contributed by atoms with Crippen LogP contribution in [0.15, 0.2) is 29.2 Å². The molecule has 0 amide bonds. The minimum Gasteiger partial charge on any atom is -0.396 e. The number of aliphatic hydroxyl groups is 1. The van der Waals surface area contributed by atoms with Gasteiger partial charge in [0.1, 0.15) is 0 Å². The van der Waals surface area contributed by atoms with Crippen molar-refractivity contribution in [1.29, 1.82) is 0 Å². The number of alkyl halides is 3. The fourth-order valence-corrected chi connectivity index (χ4v) is 3.60. The largest absolute Gasteiger partial charge is 0.417 e. The van der Waals surface area contributed by atoms with E-state index in [2.05, 4.69) is 4.72 Å². The van der Waals surface area contributed by atoms with Crippen molar-refractivity contribution in [1.82, 2.24) is 4.72 Å². The Morgan fingerprint density at radius 1 is 1.24 bits per heavy atom. The van der Waals surface area contributed by atoms with Gasteiger partial charge < -0.3 is 5.11 Å². The monoisotopic (exact) mass is 325 g/mol. The van der Waals surface area contributed by atoms with E-state index in [0.717, 1.165) is 18.2 Å². The van der Waals surface area contributed by atoms with Gasteiger partial charge in [0.05, 0.1) is 10.5 Å². The lowest BCUT2D eigenvalue weighted by atomic mass is 9.97. The highest BCUT2D eigenvalue weighted by molar-refractivity contribution is 7.89. The molecular weight excluding hydrogens is 307 g/mol. The molecule has 0 heterocycles. The second kappa shape index (κ2) is 6.33. The van der Waals surface area contributed by atoms with Crippen molar-refractivity contribution >= 4 is 10.0 Å². The van der Waals surface area contributed by atoms with Gasteiger partial charge in [-0.15, -0.1) is 0 Å². The second-order valence-corrected chi connectivity index (χ2v) is 6.64. The molecule has 0 aliphatic carbocycles. The molecule has 120 valence electrons. The van der Waals surface area contributed by atoms with Crippen LogP contribution < -0.4 is 4.72 Å². The van der Waals surface area contributed by atoms with Gasteiger partial charge in [-0.05, 0) is 31.9 Å². The smallest absolute Gasteiger partial charge is 0.396 e. The summed E-state index contributed by atoms with van der Waals surface area (Å²) in [6, 6.07) is 4.01. The number of aliphatic hydroxyl groups excluding tert-OH is 1. The van der Waals surface area contributed by atoms with Gasteiger partial charge in [0, 0.05) is 12.1 Å². The van der Waals surface area contributed by atoms with Crippen LogP contribution in [0.25, 0.3) is 0 Å². The third-order valence-electron chi connectivity index (χ3n) is 3.31. The van der Waals surface area contributed by atoms with Crippen molar-refractivity contribution < 1.29 is 26.7 Å². The van der Waals surface area contributed by atoms with Crippen molar-refractivity contribution in [2.45, 2.75) is 43.3 Å². The van der Waals surface area contributed by atoms with Crippen molar-refractivity contribution in [3.8, 4) is 0 Å². The lowest BCUT2D eigenvalue weighted by Gasteiger charge is -2.29. The molecule has 1 rings (SSSR count). The summed E-state index contributed by atoms with van der Waals surface area (Å²) in [7, 11) is -4.35. The third-order valence-corrected chi connectivity index (χ3v) is 5.00. The maximum Gasteiger partial charge on any atom is 0.417 e. The maximum atomic E-state index is 12.9. The van der Waals surface area contributed by atoms with Gasteiger partial charge in [-0.3, -0.25) is 0 Å². The van der Waals surface area contributed by atoms with E-state index in [1.54, 1.807) is 6.92 Å². The molecule has 0 aliphatic heterocycles. The van der Waals surface area contributed by atoms with Crippen LogP contribution in [0.3, 0.4) is 0 Å².